The van der Waals surface area contributed by atoms with E-state index in [0.717, 1.165) is 22.9 Å². The Morgan fingerprint density at radius 1 is 0.618 bits per heavy atom. The lowest BCUT2D eigenvalue weighted by Crippen LogP contribution is -2.02. The van der Waals surface area contributed by atoms with Gasteiger partial charge in [0.1, 0.15) is 33.9 Å². The van der Waals surface area contributed by atoms with Gasteiger partial charge in [0.2, 0.25) is 23.5 Å². The van der Waals surface area contributed by atoms with Crippen LogP contribution in [0.25, 0.3) is 56.5 Å². The lowest BCUT2D eigenvalue weighted by molar-refractivity contribution is 0.415. The molecule has 274 valence electrons. The fourth-order valence-corrected chi connectivity index (χ4v) is 5.97. The summed E-state index contributed by atoms with van der Waals surface area (Å²) in [5.41, 5.74) is 15.7. The lowest BCUT2D eigenvalue weighted by Gasteiger charge is -2.08. The van der Waals surface area contributed by atoms with Gasteiger partial charge in [0.05, 0.1) is 19.6 Å². The number of fused-ring (bicyclic) bond motifs is 6. The molecule has 0 bridgehead atoms. The molecule has 0 radical (unpaired) electrons. The molecule has 0 aliphatic rings. The first-order chi connectivity index (χ1) is 26.7. The molecule has 0 fully saturated rings. The molecule has 0 spiro atoms. The Labute approximate surface area is 308 Å². The minimum absolute atomic E-state index is 0.178. The summed E-state index contributed by atoms with van der Waals surface area (Å²) >= 11 is 0. The van der Waals surface area contributed by atoms with Gasteiger partial charge in [0.25, 0.3) is 0 Å². The van der Waals surface area contributed by atoms with E-state index in [9.17, 15) is 5.11 Å². The average molecular weight is 739 g/mol. The van der Waals surface area contributed by atoms with Crippen molar-refractivity contribution in [1.29, 1.82) is 0 Å². The van der Waals surface area contributed by atoms with E-state index < -0.39 is 0 Å². The SMILES string of the molecule is COc1ccc(Nc2c3c(nc(N)n4nc(-c5ccco5)nc34)nn2C)cc1.Cn1nc2nc(N)n3nc(-c4ccco4)nc3c2c1Nc1ccc(O)cc1. The van der Waals surface area contributed by atoms with Gasteiger partial charge in [-0.1, -0.05) is 0 Å². The predicted octanol–water partition coefficient (Wildman–Crippen LogP) is 4.91. The minimum Gasteiger partial charge on any atom is -0.508 e. The van der Waals surface area contributed by atoms with Gasteiger partial charge in [-0.3, -0.25) is 0 Å². The van der Waals surface area contributed by atoms with E-state index in [1.165, 1.54) is 9.03 Å². The van der Waals surface area contributed by atoms with E-state index in [-0.39, 0.29) is 17.6 Å². The van der Waals surface area contributed by atoms with Crippen molar-refractivity contribution in [3.05, 3.63) is 85.3 Å². The first-order valence-corrected chi connectivity index (χ1v) is 16.6. The Morgan fingerprint density at radius 2 is 1.07 bits per heavy atom. The van der Waals surface area contributed by atoms with Crippen LogP contribution < -0.4 is 26.8 Å². The van der Waals surface area contributed by atoms with Crippen molar-refractivity contribution in [2.24, 2.45) is 14.1 Å². The van der Waals surface area contributed by atoms with Crippen molar-refractivity contribution in [3.63, 3.8) is 0 Å². The summed E-state index contributed by atoms with van der Waals surface area (Å²) in [5.74, 6) is 4.63. The number of benzene rings is 2. The van der Waals surface area contributed by atoms with Crippen molar-refractivity contribution >= 4 is 68.3 Å². The molecule has 20 heteroatoms. The number of phenolic OH excluding ortho intramolecular Hbond substituents is 1. The summed E-state index contributed by atoms with van der Waals surface area (Å²) in [6.45, 7) is 0. The summed E-state index contributed by atoms with van der Waals surface area (Å²) in [7, 11) is 5.25. The number of anilines is 6. The van der Waals surface area contributed by atoms with E-state index in [2.05, 4.69) is 51.0 Å². The Balaban J connectivity index is 0.000000144. The molecule has 0 saturated heterocycles. The van der Waals surface area contributed by atoms with Crippen LogP contribution in [-0.4, -0.2) is 70.9 Å². The van der Waals surface area contributed by atoms with E-state index in [0.29, 0.717) is 62.3 Å². The second kappa shape index (κ2) is 12.8. The second-order valence-corrected chi connectivity index (χ2v) is 12.1. The van der Waals surface area contributed by atoms with Crippen LogP contribution in [0.15, 0.2) is 94.2 Å². The van der Waals surface area contributed by atoms with E-state index in [1.54, 1.807) is 84.6 Å². The molecule has 0 saturated carbocycles. The number of hydrogen-bond donors (Lipinski definition) is 5. The summed E-state index contributed by atoms with van der Waals surface area (Å²) in [5, 5.41) is 35.2. The fourth-order valence-electron chi connectivity index (χ4n) is 5.97. The van der Waals surface area contributed by atoms with E-state index >= 15 is 0 Å². The number of methoxy groups -OCH3 is 1. The highest BCUT2D eigenvalue weighted by Gasteiger charge is 2.22. The van der Waals surface area contributed by atoms with E-state index in [4.69, 9.17) is 25.0 Å². The molecule has 0 atom stereocenters. The highest BCUT2D eigenvalue weighted by Crippen LogP contribution is 2.33. The Morgan fingerprint density at radius 3 is 1.49 bits per heavy atom. The smallest absolute Gasteiger partial charge is 0.225 e. The van der Waals surface area contributed by atoms with Crippen LogP contribution >= 0.6 is 0 Å². The number of aryl methyl sites for hydroxylation is 2. The predicted molar refractivity (Wildman–Crippen MR) is 202 cm³/mol. The Bertz CT molecular complexity index is 2960. The minimum atomic E-state index is 0.178. The Kier molecular flexibility index (Phi) is 7.62. The third-order valence-electron chi connectivity index (χ3n) is 8.56. The number of nitrogen functional groups attached to an aromatic ring is 2. The maximum atomic E-state index is 9.47. The number of aromatic nitrogens is 12. The number of nitrogens with two attached hydrogens (primary N) is 2. The van der Waals surface area contributed by atoms with Gasteiger partial charge in [-0.15, -0.1) is 10.2 Å². The summed E-state index contributed by atoms with van der Waals surface area (Å²) < 4.78 is 22.3. The summed E-state index contributed by atoms with van der Waals surface area (Å²) in [4.78, 5) is 17.9. The number of nitrogens with one attached hydrogen (secondary N) is 2. The molecule has 0 amide bonds. The normalized spacial score (nSPS) is 11.4. The highest BCUT2D eigenvalue weighted by atomic mass is 16.5. The van der Waals surface area contributed by atoms with Crippen LogP contribution in [0.1, 0.15) is 0 Å². The third-order valence-corrected chi connectivity index (χ3v) is 8.56. The molecule has 55 heavy (non-hydrogen) atoms. The van der Waals surface area contributed by atoms with Gasteiger partial charge >= 0.3 is 0 Å². The van der Waals surface area contributed by atoms with Crippen LogP contribution in [0.5, 0.6) is 11.5 Å². The van der Waals surface area contributed by atoms with Gasteiger partial charge in [-0.2, -0.15) is 29.2 Å². The van der Waals surface area contributed by atoms with Crippen LogP contribution in [-0.2, 0) is 14.1 Å². The number of rotatable bonds is 7. The molecule has 2 aromatic carbocycles. The van der Waals surface area contributed by atoms with Gasteiger partial charge in [0.15, 0.2) is 34.1 Å². The number of aromatic hydroxyl groups is 1. The first kappa shape index (κ1) is 32.7. The van der Waals surface area contributed by atoms with Crippen LogP contribution in [0.4, 0.5) is 34.9 Å². The van der Waals surface area contributed by atoms with Gasteiger partial charge in [-0.05, 0) is 72.8 Å². The first-order valence-electron chi connectivity index (χ1n) is 16.6. The standard InChI is InChI=1S/C18H16N8O2.C17H14N8O2/c1-25-16(20-10-5-7-11(27-2)8-6-10)13-15(23-25)22-18(19)26-17(13)21-14(24-26)12-4-3-9-28-12;1-24-15(19-9-4-6-10(26)7-5-9)12-14(22-24)21-17(18)25-16(12)20-13(23-25)11-3-2-8-27-11/h3-9,20H,1-2H3,(H2,19,22,23);2-8,19,26H,1H3,(H2,18,21,22). The third kappa shape index (κ3) is 5.74. The number of furan rings is 2. The zero-order valence-corrected chi connectivity index (χ0v) is 29.3. The number of nitrogens with zero attached hydrogens (tertiary/aromatic N) is 12. The lowest BCUT2D eigenvalue weighted by atomic mass is 10.3. The summed E-state index contributed by atoms with van der Waals surface area (Å²) in [6.07, 6.45) is 3.12. The highest BCUT2D eigenvalue weighted by molar-refractivity contribution is 6.02. The maximum Gasteiger partial charge on any atom is 0.225 e. The molecule has 20 nitrogen and oxygen atoms in total. The zero-order valence-electron chi connectivity index (χ0n) is 29.3. The van der Waals surface area contributed by atoms with Crippen molar-refractivity contribution < 1.29 is 18.7 Å². The van der Waals surface area contributed by atoms with Crippen LogP contribution in [0, 0.1) is 0 Å². The molecule has 0 aliphatic heterocycles. The monoisotopic (exact) mass is 738 g/mol. The fraction of sp³-hybridized carbons (Fsp3) is 0.0857. The molecule has 0 unspecified atom stereocenters. The molecular formula is C35H30N16O4. The van der Waals surface area contributed by atoms with Crippen molar-refractivity contribution in [1.82, 2.24) is 58.7 Å². The molecule has 8 heterocycles. The molecular weight excluding hydrogens is 708 g/mol. The van der Waals surface area contributed by atoms with Crippen molar-refractivity contribution in [3.8, 4) is 34.7 Å². The second-order valence-electron chi connectivity index (χ2n) is 12.1. The molecule has 8 aromatic heterocycles. The molecule has 10 rings (SSSR count). The van der Waals surface area contributed by atoms with Gasteiger partial charge in [-0.25, -0.2) is 19.3 Å². The Hall–Kier alpha value is -8.16. The number of hydrogen-bond acceptors (Lipinski definition) is 16. The number of ether oxygens (including phenoxy) is 1. The molecule has 10 aromatic rings. The maximum absolute atomic E-state index is 9.47. The topological polar surface area (TPSA) is 254 Å². The summed E-state index contributed by atoms with van der Waals surface area (Å²) in [6, 6.07) is 21.4. The van der Waals surface area contributed by atoms with Crippen molar-refractivity contribution in [2.45, 2.75) is 0 Å². The number of phenols is 1. The molecule has 7 N–H and O–H groups in total. The van der Waals surface area contributed by atoms with E-state index in [1.807, 2.05) is 31.3 Å². The quantitative estimate of drug-likeness (QED) is 0.136. The van der Waals surface area contributed by atoms with Gasteiger partial charge in [0, 0.05) is 25.5 Å². The molecule has 0 aliphatic carbocycles. The average Bonchev–Trinajstić information content (AvgIpc) is 4.03. The van der Waals surface area contributed by atoms with Crippen LogP contribution in [0.2, 0.25) is 0 Å². The van der Waals surface area contributed by atoms with Gasteiger partial charge < -0.3 is 40.8 Å². The zero-order chi connectivity index (χ0) is 37.8. The largest absolute Gasteiger partial charge is 0.508 e. The van der Waals surface area contributed by atoms with Crippen LogP contribution in [0.3, 0.4) is 0 Å². The van der Waals surface area contributed by atoms with Crippen molar-refractivity contribution in [2.75, 3.05) is 29.2 Å².